The molecule has 0 aromatic rings. The molecule has 5 heteroatoms. The monoisotopic (exact) mass is 189 g/mol. The Kier molecular flexibility index (Phi) is 3.95. The van der Waals surface area contributed by atoms with Crippen LogP contribution in [0.25, 0.3) is 0 Å². The van der Waals surface area contributed by atoms with E-state index in [1.165, 1.54) is 0 Å². The maximum atomic E-state index is 10.8. The lowest BCUT2D eigenvalue weighted by molar-refractivity contribution is -0.125. The number of amides is 1. The van der Waals surface area contributed by atoms with Crippen LogP contribution in [0.1, 0.15) is 13.8 Å². The van der Waals surface area contributed by atoms with Gasteiger partial charge in [0.05, 0.1) is 5.41 Å². The minimum Gasteiger partial charge on any atom is -0.369 e. The molecule has 70 valence electrons. The average Bonchev–Trinajstić information content (AvgIpc) is 2.00. The second-order valence-electron chi connectivity index (χ2n) is 3.18. The van der Waals surface area contributed by atoms with Gasteiger partial charge in [0.25, 0.3) is 0 Å². The van der Waals surface area contributed by atoms with E-state index in [1.54, 1.807) is 20.9 Å². The van der Waals surface area contributed by atoms with Crippen molar-refractivity contribution in [3.63, 3.8) is 0 Å². The molecule has 0 aromatic heterocycles. The summed E-state index contributed by atoms with van der Waals surface area (Å²) in [6.45, 7) is 3.98. The molecule has 1 amide bonds. The van der Waals surface area contributed by atoms with Gasteiger partial charge >= 0.3 is 0 Å². The SMILES string of the molecule is CNC(=S)NCC(C)(C)C(N)=O. The average molecular weight is 189 g/mol. The highest BCUT2D eigenvalue weighted by molar-refractivity contribution is 7.80. The molecule has 0 aliphatic carbocycles. The molecule has 0 bridgehead atoms. The fraction of sp³-hybridized carbons (Fsp3) is 0.714. The molecule has 4 nitrogen and oxygen atoms in total. The highest BCUT2D eigenvalue weighted by Gasteiger charge is 2.24. The van der Waals surface area contributed by atoms with Crippen LogP contribution in [0.5, 0.6) is 0 Å². The number of nitrogens with one attached hydrogen (secondary N) is 2. The van der Waals surface area contributed by atoms with Gasteiger partial charge in [-0.2, -0.15) is 0 Å². The van der Waals surface area contributed by atoms with Gasteiger partial charge in [-0.15, -0.1) is 0 Å². The van der Waals surface area contributed by atoms with E-state index in [9.17, 15) is 4.79 Å². The molecule has 0 radical (unpaired) electrons. The lowest BCUT2D eigenvalue weighted by atomic mass is 9.93. The van der Waals surface area contributed by atoms with E-state index in [4.69, 9.17) is 18.0 Å². The quantitative estimate of drug-likeness (QED) is 0.528. The first-order valence-electron chi connectivity index (χ1n) is 3.65. The minimum absolute atomic E-state index is 0.339. The van der Waals surface area contributed by atoms with Gasteiger partial charge in [0.2, 0.25) is 5.91 Å². The lowest BCUT2D eigenvalue weighted by Gasteiger charge is -2.21. The van der Waals surface area contributed by atoms with Crippen LogP contribution in [-0.4, -0.2) is 24.6 Å². The molecule has 4 N–H and O–H groups in total. The molecule has 0 aliphatic rings. The van der Waals surface area contributed by atoms with Gasteiger partial charge < -0.3 is 16.4 Å². The van der Waals surface area contributed by atoms with E-state index >= 15 is 0 Å². The van der Waals surface area contributed by atoms with E-state index < -0.39 is 5.41 Å². The maximum Gasteiger partial charge on any atom is 0.224 e. The Labute approximate surface area is 77.9 Å². The first-order valence-corrected chi connectivity index (χ1v) is 4.06. The molecule has 0 aliphatic heterocycles. The van der Waals surface area contributed by atoms with Crippen molar-refractivity contribution in [2.24, 2.45) is 11.1 Å². The Balaban J connectivity index is 3.92. The Morgan fingerprint density at radius 1 is 1.58 bits per heavy atom. The van der Waals surface area contributed by atoms with Crippen LogP contribution in [0.15, 0.2) is 0 Å². The van der Waals surface area contributed by atoms with Crippen LogP contribution >= 0.6 is 12.2 Å². The van der Waals surface area contributed by atoms with Crippen molar-refractivity contribution in [1.82, 2.24) is 10.6 Å². The Hall–Kier alpha value is -0.840. The fourth-order valence-electron chi connectivity index (χ4n) is 0.477. The molecule has 12 heavy (non-hydrogen) atoms. The van der Waals surface area contributed by atoms with Crippen molar-refractivity contribution < 1.29 is 4.79 Å². The topological polar surface area (TPSA) is 67.2 Å². The van der Waals surface area contributed by atoms with E-state index in [-0.39, 0.29) is 5.91 Å². The fourth-order valence-corrected chi connectivity index (χ4v) is 0.549. The number of hydrogen-bond acceptors (Lipinski definition) is 2. The van der Waals surface area contributed by atoms with Gasteiger partial charge in [0, 0.05) is 13.6 Å². The largest absolute Gasteiger partial charge is 0.369 e. The highest BCUT2D eigenvalue weighted by Crippen LogP contribution is 2.11. The van der Waals surface area contributed by atoms with Gasteiger partial charge in [-0.3, -0.25) is 4.79 Å². The van der Waals surface area contributed by atoms with Crippen molar-refractivity contribution in [2.75, 3.05) is 13.6 Å². The maximum absolute atomic E-state index is 10.8. The minimum atomic E-state index is -0.569. The van der Waals surface area contributed by atoms with Crippen LogP contribution in [-0.2, 0) is 4.79 Å². The molecule has 0 rings (SSSR count). The third-order valence-electron chi connectivity index (χ3n) is 1.58. The van der Waals surface area contributed by atoms with Crippen LogP contribution in [0.2, 0.25) is 0 Å². The Bertz CT molecular complexity index is 191. The molecular formula is C7H15N3OS. The van der Waals surface area contributed by atoms with Gasteiger partial charge in [-0.05, 0) is 26.1 Å². The number of nitrogens with two attached hydrogens (primary N) is 1. The third-order valence-corrected chi connectivity index (χ3v) is 1.93. The molecule has 0 saturated carbocycles. The molecule has 0 aromatic carbocycles. The van der Waals surface area contributed by atoms with Crippen molar-refractivity contribution in [2.45, 2.75) is 13.8 Å². The Morgan fingerprint density at radius 2 is 2.08 bits per heavy atom. The molecular weight excluding hydrogens is 174 g/mol. The number of carbonyl (C=O) groups is 1. The third kappa shape index (κ3) is 3.52. The van der Waals surface area contributed by atoms with Crippen molar-refractivity contribution in [3.8, 4) is 0 Å². The van der Waals surface area contributed by atoms with Crippen LogP contribution in [0, 0.1) is 5.41 Å². The van der Waals surface area contributed by atoms with E-state index in [2.05, 4.69) is 10.6 Å². The summed E-state index contributed by atoms with van der Waals surface area (Å²) in [5.41, 5.74) is 4.59. The summed E-state index contributed by atoms with van der Waals surface area (Å²) < 4.78 is 0. The number of primary amides is 1. The zero-order valence-corrected chi connectivity index (χ0v) is 8.42. The summed E-state index contributed by atoms with van der Waals surface area (Å²) in [5.74, 6) is -0.339. The predicted octanol–water partition coefficient (Wildman–Crippen LogP) is -0.408. The molecule has 0 unspecified atom stereocenters. The number of rotatable bonds is 3. The summed E-state index contributed by atoms with van der Waals surface area (Å²) >= 11 is 4.84. The predicted molar refractivity (Wildman–Crippen MR) is 52.6 cm³/mol. The van der Waals surface area contributed by atoms with E-state index in [0.29, 0.717) is 11.7 Å². The van der Waals surface area contributed by atoms with Crippen molar-refractivity contribution in [1.29, 1.82) is 0 Å². The zero-order valence-electron chi connectivity index (χ0n) is 7.60. The van der Waals surface area contributed by atoms with Gasteiger partial charge in [0.1, 0.15) is 0 Å². The second-order valence-corrected chi connectivity index (χ2v) is 3.59. The standard InChI is InChI=1S/C7H15N3OS/c1-7(2,5(8)11)4-10-6(12)9-3/h4H2,1-3H3,(H2,8,11)(H2,9,10,12). The second kappa shape index (κ2) is 4.25. The van der Waals surface area contributed by atoms with Crippen molar-refractivity contribution in [3.05, 3.63) is 0 Å². The first-order chi connectivity index (χ1) is 5.40. The zero-order chi connectivity index (χ0) is 9.78. The van der Waals surface area contributed by atoms with Crippen LogP contribution < -0.4 is 16.4 Å². The summed E-state index contributed by atoms with van der Waals surface area (Å²) in [5, 5.41) is 6.14. The molecule has 0 heterocycles. The van der Waals surface area contributed by atoms with E-state index in [1.807, 2.05) is 0 Å². The Morgan fingerprint density at radius 3 is 2.42 bits per heavy atom. The van der Waals surface area contributed by atoms with Crippen LogP contribution in [0.3, 0.4) is 0 Å². The van der Waals surface area contributed by atoms with Crippen molar-refractivity contribution >= 4 is 23.2 Å². The van der Waals surface area contributed by atoms with Crippen LogP contribution in [0.4, 0.5) is 0 Å². The summed E-state index contributed by atoms with van der Waals surface area (Å²) in [7, 11) is 1.71. The normalized spacial score (nSPS) is 10.6. The smallest absolute Gasteiger partial charge is 0.224 e. The number of hydrogen-bond donors (Lipinski definition) is 3. The van der Waals surface area contributed by atoms with Gasteiger partial charge in [-0.25, -0.2) is 0 Å². The van der Waals surface area contributed by atoms with E-state index in [0.717, 1.165) is 0 Å². The highest BCUT2D eigenvalue weighted by atomic mass is 32.1. The molecule has 0 atom stereocenters. The summed E-state index contributed by atoms with van der Waals surface area (Å²) in [4.78, 5) is 10.8. The molecule has 0 spiro atoms. The lowest BCUT2D eigenvalue weighted by Crippen LogP contribution is -2.44. The molecule has 0 saturated heterocycles. The van der Waals surface area contributed by atoms with Gasteiger partial charge in [0.15, 0.2) is 5.11 Å². The first kappa shape index (κ1) is 11.2. The van der Waals surface area contributed by atoms with Gasteiger partial charge in [-0.1, -0.05) is 0 Å². The number of carbonyl (C=O) groups excluding carboxylic acids is 1. The summed E-state index contributed by atoms with van der Waals surface area (Å²) in [6.07, 6.45) is 0. The number of thiocarbonyl (C=S) groups is 1. The summed E-state index contributed by atoms with van der Waals surface area (Å²) in [6, 6.07) is 0. The molecule has 0 fully saturated rings.